The van der Waals surface area contributed by atoms with Crippen molar-refractivity contribution in [3.8, 4) is 0 Å². The van der Waals surface area contributed by atoms with E-state index in [0.29, 0.717) is 0 Å². The van der Waals surface area contributed by atoms with Gasteiger partial charge < -0.3 is 4.90 Å². The Morgan fingerprint density at radius 3 is 2.45 bits per heavy atom. The van der Waals surface area contributed by atoms with E-state index < -0.39 is 0 Å². The van der Waals surface area contributed by atoms with Gasteiger partial charge in [0.15, 0.2) is 0 Å². The quantitative estimate of drug-likeness (QED) is 0.558. The highest BCUT2D eigenvalue weighted by atomic mass is 15.2. The molecule has 1 atom stereocenters. The van der Waals surface area contributed by atoms with Crippen LogP contribution in [-0.2, 0) is 0 Å². The topological polar surface area (TPSA) is 3.24 Å². The molecule has 11 heavy (non-hydrogen) atoms. The average molecular weight is 153 g/mol. The summed E-state index contributed by atoms with van der Waals surface area (Å²) in [4.78, 5) is 2.72. The fourth-order valence-electron chi connectivity index (χ4n) is 2.31. The van der Waals surface area contributed by atoms with Gasteiger partial charge in [-0.2, -0.15) is 0 Å². The van der Waals surface area contributed by atoms with Gasteiger partial charge in [0.05, 0.1) is 0 Å². The van der Waals surface area contributed by atoms with E-state index in [9.17, 15) is 0 Å². The highest BCUT2D eigenvalue weighted by Crippen LogP contribution is 2.28. The lowest BCUT2D eigenvalue weighted by Crippen LogP contribution is -2.45. The van der Waals surface area contributed by atoms with Crippen LogP contribution in [-0.4, -0.2) is 24.0 Å². The second kappa shape index (κ2) is 3.14. The molecule has 1 aliphatic heterocycles. The zero-order chi connectivity index (χ0) is 7.68. The molecule has 64 valence electrons. The van der Waals surface area contributed by atoms with Crippen LogP contribution in [0.25, 0.3) is 0 Å². The van der Waals surface area contributed by atoms with Gasteiger partial charge >= 0.3 is 0 Å². The maximum Gasteiger partial charge on any atom is 0.00953 e. The van der Waals surface area contributed by atoms with Gasteiger partial charge in [-0.1, -0.05) is 13.3 Å². The molecule has 1 heteroatoms. The number of hydrogen-bond acceptors (Lipinski definition) is 1. The zero-order valence-corrected chi connectivity index (χ0v) is 7.55. The minimum atomic E-state index is 0.962. The van der Waals surface area contributed by atoms with Crippen LogP contribution in [0.3, 0.4) is 0 Å². The molecule has 0 aromatic carbocycles. The highest BCUT2D eigenvalue weighted by Gasteiger charge is 2.27. The van der Waals surface area contributed by atoms with Crippen molar-refractivity contribution in [1.82, 2.24) is 4.90 Å². The Morgan fingerprint density at radius 2 is 1.91 bits per heavy atom. The molecule has 1 nitrogen and oxygen atoms in total. The molecule has 2 aliphatic rings. The summed E-state index contributed by atoms with van der Waals surface area (Å²) in [5.41, 5.74) is 0. The molecule has 2 rings (SSSR count). The first kappa shape index (κ1) is 7.60. The lowest BCUT2D eigenvalue weighted by Gasteiger charge is -2.41. The monoisotopic (exact) mass is 153 g/mol. The van der Waals surface area contributed by atoms with Crippen molar-refractivity contribution in [2.45, 2.75) is 45.1 Å². The number of likely N-dealkylation sites (tertiary alicyclic amines) is 1. The van der Waals surface area contributed by atoms with E-state index in [1.54, 1.807) is 0 Å². The minimum absolute atomic E-state index is 0.962. The van der Waals surface area contributed by atoms with Gasteiger partial charge in [0.25, 0.3) is 0 Å². The van der Waals surface area contributed by atoms with E-state index in [4.69, 9.17) is 0 Å². The van der Waals surface area contributed by atoms with Crippen molar-refractivity contribution in [3.63, 3.8) is 0 Å². The van der Waals surface area contributed by atoms with Crippen LogP contribution >= 0.6 is 0 Å². The van der Waals surface area contributed by atoms with Crippen molar-refractivity contribution in [2.24, 2.45) is 5.92 Å². The third-order valence-electron chi connectivity index (χ3n) is 3.28. The van der Waals surface area contributed by atoms with E-state index >= 15 is 0 Å². The molecule has 0 aromatic heterocycles. The number of piperidine rings is 1. The van der Waals surface area contributed by atoms with Crippen molar-refractivity contribution in [1.29, 1.82) is 0 Å². The Kier molecular flexibility index (Phi) is 2.17. The Morgan fingerprint density at radius 1 is 1.09 bits per heavy atom. The highest BCUT2D eigenvalue weighted by molar-refractivity contribution is 4.83. The fourth-order valence-corrected chi connectivity index (χ4v) is 2.31. The standard InChI is InChI=1S/C10H19N/c1-9-4-3-7-11(8-9)10-5-2-6-10/h9-10H,2-8H2,1H3. The van der Waals surface area contributed by atoms with E-state index in [2.05, 4.69) is 11.8 Å². The fraction of sp³-hybridized carbons (Fsp3) is 1.00. The van der Waals surface area contributed by atoms with Crippen LogP contribution in [0.5, 0.6) is 0 Å². The van der Waals surface area contributed by atoms with Gasteiger partial charge in [-0.05, 0) is 38.1 Å². The molecule has 1 saturated carbocycles. The summed E-state index contributed by atoms with van der Waals surface area (Å²) in [6.45, 7) is 5.16. The summed E-state index contributed by atoms with van der Waals surface area (Å²) >= 11 is 0. The van der Waals surface area contributed by atoms with Crippen LogP contribution in [0.15, 0.2) is 0 Å². The average Bonchev–Trinajstić information content (AvgIpc) is 1.83. The Balaban J connectivity index is 1.82. The summed E-state index contributed by atoms with van der Waals surface area (Å²) in [7, 11) is 0. The Hall–Kier alpha value is -0.0400. The Bertz CT molecular complexity index is 129. The van der Waals surface area contributed by atoms with Crippen LogP contribution in [0.1, 0.15) is 39.0 Å². The molecular weight excluding hydrogens is 134 g/mol. The maximum absolute atomic E-state index is 2.72. The molecule has 1 aliphatic carbocycles. The molecule has 0 N–H and O–H groups in total. The molecule has 0 amide bonds. The van der Waals surface area contributed by atoms with E-state index in [-0.39, 0.29) is 0 Å². The molecular formula is C10H19N. The maximum atomic E-state index is 2.72. The lowest BCUT2D eigenvalue weighted by atomic mass is 9.88. The normalized spacial score (nSPS) is 35.2. The summed E-state index contributed by atoms with van der Waals surface area (Å²) in [5, 5.41) is 0. The molecule has 1 heterocycles. The Labute approximate surface area is 69.8 Å². The van der Waals surface area contributed by atoms with Crippen LogP contribution < -0.4 is 0 Å². The predicted molar refractivity (Wildman–Crippen MR) is 47.6 cm³/mol. The van der Waals surface area contributed by atoms with Gasteiger partial charge in [-0.3, -0.25) is 0 Å². The summed E-state index contributed by atoms with van der Waals surface area (Å²) in [5.74, 6) is 0.962. The molecule has 1 saturated heterocycles. The van der Waals surface area contributed by atoms with Crippen molar-refractivity contribution in [2.75, 3.05) is 13.1 Å². The molecule has 0 radical (unpaired) electrons. The zero-order valence-electron chi connectivity index (χ0n) is 7.55. The first-order valence-corrected chi connectivity index (χ1v) is 5.10. The number of nitrogens with zero attached hydrogens (tertiary/aromatic N) is 1. The predicted octanol–water partition coefficient (Wildman–Crippen LogP) is 2.27. The van der Waals surface area contributed by atoms with E-state index in [1.165, 1.54) is 45.2 Å². The molecule has 0 aromatic rings. The first-order valence-electron chi connectivity index (χ1n) is 5.10. The van der Waals surface area contributed by atoms with Crippen LogP contribution in [0.2, 0.25) is 0 Å². The van der Waals surface area contributed by atoms with Crippen molar-refractivity contribution in [3.05, 3.63) is 0 Å². The van der Waals surface area contributed by atoms with Crippen molar-refractivity contribution >= 4 is 0 Å². The summed E-state index contributed by atoms with van der Waals surface area (Å²) < 4.78 is 0. The van der Waals surface area contributed by atoms with Gasteiger partial charge in [0.1, 0.15) is 0 Å². The second-order valence-corrected chi connectivity index (χ2v) is 4.33. The molecule has 0 bridgehead atoms. The molecule has 2 fully saturated rings. The summed E-state index contributed by atoms with van der Waals surface area (Å²) in [6.07, 6.45) is 7.34. The number of rotatable bonds is 1. The van der Waals surface area contributed by atoms with Crippen LogP contribution in [0, 0.1) is 5.92 Å². The van der Waals surface area contributed by atoms with E-state index in [1.807, 2.05) is 0 Å². The third kappa shape index (κ3) is 1.58. The SMILES string of the molecule is CC1CCCN(C2CCC2)C1. The van der Waals surface area contributed by atoms with E-state index in [0.717, 1.165) is 12.0 Å². The lowest BCUT2D eigenvalue weighted by molar-refractivity contribution is 0.0817. The number of hydrogen-bond donors (Lipinski definition) is 0. The molecule has 0 spiro atoms. The smallest absolute Gasteiger partial charge is 0.00953 e. The largest absolute Gasteiger partial charge is 0.300 e. The summed E-state index contributed by atoms with van der Waals surface area (Å²) in [6, 6.07) is 0.984. The van der Waals surface area contributed by atoms with Gasteiger partial charge in [-0.25, -0.2) is 0 Å². The van der Waals surface area contributed by atoms with Gasteiger partial charge in [0, 0.05) is 12.6 Å². The van der Waals surface area contributed by atoms with Crippen molar-refractivity contribution < 1.29 is 0 Å². The van der Waals surface area contributed by atoms with Crippen LogP contribution in [0.4, 0.5) is 0 Å². The first-order chi connectivity index (χ1) is 5.36. The molecule has 1 unspecified atom stereocenters. The minimum Gasteiger partial charge on any atom is -0.300 e. The third-order valence-corrected chi connectivity index (χ3v) is 3.28. The van der Waals surface area contributed by atoms with Gasteiger partial charge in [-0.15, -0.1) is 0 Å². The van der Waals surface area contributed by atoms with Gasteiger partial charge in [0.2, 0.25) is 0 Å². The second-order valence-electron chi connectivity index (χ2n) is 4.33.